The Morgan fingerprint density at radius 1 is 1.20 bits per heavy atom. The van der Waals surface area contributed by atoms with Crippen molar-refractivity contribution in [1.29, 1.82) is 0 Å². The smallest absolute Gasteiger partial charge is 0.240 e. The first-order chi connectivity index (χ1) is 16.5. The normalized spacial score (nSPS) is 20.1. The highest BCUT2D eigenvalue weighted by Gasteiger charge is 2.46. The molecule has 3 aromatic rings. The molecule has 4 rings (SSSR count). The molecule has 0 aliphatic carbocycles. The fourth-order valence-electron chi connectivity index (χ4n) is 5.14. The van der Waals surface area contributed by atoms with Crippen LogP contribution in [0.25, 0.3) is 10.4 Å². The van der Waals surface area contributed by atoms with Gasteiger partial charge in [0, 0.05) is 12.6 Å². The second-order valence-electron chi connectivity index (χ2n) is 10.8. The Morgan fingerprint density at radius 3 is 2.40 bits per heavy atom. The summed E-state index contributed by atoms with van der Waals surface area (Å²) in [5.74, 6) is -0.361. The van der Waals surface area contributed by atoms with E-state index in [1.165, 1.54) is 10.4 Å². The largest absolute Gasteiger partial charge is 0.368 e. The van der Waals surface area contributed by atoms with Crippen molar-refractivity contribution in [2.45, 2.75) is 65.8 Å². The van der Waals surface area contributed by atoms with Gasteiger partial charge in [-0.2, -0.15) is 0 Å². The monoisotopic (exact) mass is 494 g/mol. The number of likely N-dealkylation sites (tertiary alicyclic amines) is 1. The summed E-state index contributed by atoms with van der Waals surface area (Å²) in [6.07, 6.45) is 0.546. The van der Waals surface area contributed by atoms with Gasteiger partial charge in [-0.3, -0.25) is 9.59 Å². The molecule has 2 N–H and O–H groups in total. The van der Waals surface area contributed by atoms with E-state index in [9.17, 15) is 9.59 Å². The van der Waals surface area contributed by atoms with Crippen LogP contribution < -0.4 is 5.73 Å². The Bertz CT molecular complexity index is 1210. The molecule has 1 saturated heterocycles. The zero-order chi connectivity index (χ0) is 25.5. The van der Waals surface area contributed by atoms with Crippen LogP contribution in [0.15, 0.2) is 40.4 Å². The molecule has 8 heteroatoms. The molecule has 2 amide bonds. The number of nitrogens with two attached hydrogens (primary N) is 1. The number of aryl methyl sites for hydroxylation is 2. The first-order valence-corrected chi connectivity index (χ1v) is 12.9. The number of primary amides is 1. The lowest BCUT2D eigenvalue weighted by atomic mass is 9.78. The van der Waals surface area contributed by atoms with Crippen molar-refractivity contribution in [2.24, 2.45) is 17.1 Å². The maximum atomic E-state index is 13.9. The summed E-state index contributed by atoms with van der Waals surface area (Å²) in [7, 11) is 0. The SMILES string of the molecule is Cc1cc([C@H](C(=O)N2C[C@@H]([C@H](C)c3ccc(-c4scnc4C)cc3)C[C@H]2C(N)=O)C(C)(C)C)on1. The summed E-state index contributed by atoms with van der Waals surface area (Å²) in [4.78, 5) is 33.5. The van der Waals surface area contributed by atoms with Crippen LogP contribution in [0, 0.1) is 25.2 Å². The van der Waals surface area contributed by atoms with E-state index in [-0.39, 0.29) is 17.7 Å². The van der Waals surface area contributed by atoms with Gasteiger partial charge in [0.05, 0.1) is 21.8 Å². The van der Waals surface area contributed by atoms with Crippen LogP contribution in [-0.4, -0.2) is 39.4 Å². The number of rotatable bonds is 6. The van der Waals surface area contributed by atoms with Gasteiger partial charge in [-0.25, -0.2) is 4.98 Å². The van der Waals surface area contributed by atoms with E-state index >= 15 is 0 Å². The zero-order valence-electron chi connectivity index (χ0n) is 21.2. The number of aromatic nitrogens is 2. The molecule has 1 aliphatic heterocycles. The highest BCUT2D eigenvalue weighted by atomic mass is 32.1. The zero-order valence-corrected chi connectivity index (χ0v) is 22.1. The van der Waals surface area contributed by atoms with Gasteiger partial charge in [-0.05, 0) is 48.6 Å². The molecule has 2 aromatic heterocycles. The van der Waals surface area contributed by atoms with Crippen molar-refractivity contribution >= 4 is 23.2 Å². The van der Waals surface area contributed by atoms with Gasteiger partial charge < -0.3 is 15.2 Å². The topological polar surface area (TPSA) is 102 Å². The molecule has 0 bridgehead atoms. The number of benzene rings is 1. The summed E-state index contributed by atoms with van der Waals surface area (Å²) >= 11 is 1.63. The Hall–Kier alpha value is -3.00. The Labute approximate surface area is 210 Å². The Balaban J connectivity index is 1.57. The van der Waals surface area contributed by atoms with Crippen LogP contribution in [0.2, 0.25) is 0 Å². The minimum atomic E-state index is -0.636. The number of hydrogen-bond donors (Lipinski definition) is 1. The van der Waals surface area contributed by atoms with Crippen molar-refractivity contribution in [2.75, 3.05) is 6.54 Å². The molecule has 1 fully saturated rings. The summed E-state index contributed by atoms with van der Waals surface area (Å²) < 4.78 is 5.51. The fraction of sp³-hybridized carbons (Fsp3) is 0.481. The van der Waals surface area contributed by atoms with E-state index in [0.29, 0.717) is 18.7 Å². The molecule has 35 heavy (non-hydrogen) atoms. The lowest BCUT2D eigenvalue weighted by Crippen LogP contribution is -2.47. The van der Waals surface area contributed by atoms with Gasteiger partial charge in [0.15, 0.2) is 0 Å². The van der Waals surface area contributed by atoms with Gasteiger partial charge >= 0.3 is 0 Å². The average Bonchev–Trinajstić information content (AvgIpc) is 3.52. The third-order valence-corrected chi connectivity index (χ3v) is 8.12. The minimum Gasteiger partial charge on any atom is -0.368 e. The van der Waals surface area contributed by atoms with E-state index in [1.54, 1.807) is 22.3 Å². The first-order valence-electron chi connectivity index (χ1n) is 12.0. The second-order valence-corrected chi connectivity index (χ2v) is 11.6. The molecule has 3 heterocycles. The molecule has 1 aliphatic rings. The molecule has 186 valence electrons. The van der Waals surface area contributed by atoms with Crippen molar-refractivity contribution in [3.8, 4) is 10.4 Å². The molecule has 0 spiro atoms. The summed E-state index contributed by atoms with van der Waals surface area (Å²) in [5, 5.41) is 3.99. The van der Waals surface area contributed by atoms with E-state index < -0.39 is 23.3 Å². The number of amides is 2. The Morgan fingerprint density at radius 2 is 1.89 bits per heavy atom. The fourth-order valence-corrected chi connectivity index (χ4v) is 5.95. The lowest BCUT2D eigenvalue weighted by molar-refractivity contribution is -0.141. The van der Waals surface area contributed by atoms with Crippen molar-refractivity contribution in [1.82, 2.24) is 15.0 Å². The van der Waals surface area contributed by atoms with Gasteiger partial charge in [-0.1, -0.05) is 57.1 Å². The standard InChI is InChI=1S/C27H34N4O3S/c1-15-11-22(34-30-15)23(27(4,5)6)26(33)31-13-20(12-21(31)25(28)32)16(2)18-7-9-19(10-8-18)24-17(3)29-14-35-24/h7-11,14,16,20-21,23H,12-13H2,1-6H3,(H2,28,32)/t16-,20+,21+,23-/m1/s1. The highest BCUT2D eigenvalue weighted by molar-refractivity contribution is 7.13. The predicted molar refractivity (Wildman–Crippen MR) is 137 cm³/mol. The quantitative estimate of drug-likeness (QED) is 0.517. The summed E-state index contributed by atoms with van der Waals surface area (Å²) in [6, 6.07) is 9.68. The van der Waals surface area contributed by atoms with Crippen molar-refractivity contribution in [3.63, 3.8) is 0 Å². The van der Waals surface area contributed by atoms with Crippen LogP contribution in [0.3, 0.4) is 0 Å². The molecule has 7 nitrogen and oxygen atoms in total. The second kappa shape index (κ2) is 9.57. The van der Waals surface area contributed by atoms with Gasteiger partial charge in [0.2, 0.25) is 11.8 Å². The number of carbonyl (C=O) groups is 2. The van der Waals surface area contributed by atoms with E-state index in [0.717, 1.165) is 17.0 Å². The highest BCUT2D eigenvalue weighted by Crippen LogP contribution is 2.42. The van der Waals surface area contributed by atoms with Crippen LogP contribution in [0.5, 0.6) is 0 Å². The van der Waals surface area contributed by atoms with Crippen molar-refractivity contribution < 1.29 is 14.1 Å². The third-order valence-electron chi connectivity index (χ3n) is 7.14. The number of thiazole rings is 1. The van der Waals surface area contributed by atoms with Crippen LogP contribution in [0.4, 0.5) is 0 Å². The first kappa shape index (κ1) is 25.1. The maximum absolute atomic E-state index is 13.9. The number of nitrogens with zero attached hydrogens (tertiary/aromatic N) is 3. The van der Waals surface area contributed by atoms with Gasteiger partial charge in [0.1, 0.15) is 17.7 Å². The van der Waals surface area contributed by atoms with E-state index in [1.807, 2.05) is 40.1 Å². The molecule has 1 aromatic carbocycles. The Kier molecular flexibility index (Phi) is 6.86. The van der Waals surface area contributed by atoms with Crippen LogP contribution >= 0.6 is 11.3 Å². The van der Waals surface area contributed by atoms with Gasteiger partial charge in [0.25, 0.3) is 0 Å². The van der Waals surface area contributed by atoms with Crippen molar-refractivity contribution in [3.05, 3.63) is 58.6 Å². The number of hydrogen-bond acceptors (Lipinski definition) is 6. The summed E-state index contributed by atoms with van der Waals surface area (Å²) in [6.45, 7) is 12.5. The summed E-state index contributed by atoms with van der Waals surface area (Å²) in [5.41, 5.74) is 11.3. The number of carbonyl (C=O) groups excluding carboxylic acids is 2. The molecule has 0 saturated carbocycles. The molecular weight excluding hydrogens is 460 g/mol. The molecule has 4 atom stereocenters. The molecular formula is C27H34N4O3S. The molecule has 0 unspecified atom stereocenters. The van der Waals surface area contributed by atoms with E-state index in [4.69, 9.17) is 10.3 Å². The minimum absolute atomic E-state index is 0.115. The van der Waals surface area contributed by atoms with Gasteiger partial charge in [-0.15, -0.1) is 11.3 Å². The van der Waals surface area contributed by atoms with Crippen LogP contribution in [-0.2, 0) is 9.59 Å². The van der Waals surface area contributed by atoms with E-state index in [2.05, 4.69) is 41.3 Å². The third kappa shape index (κ3) is 5.03. The molecule has 0 radical (unpaired) electrons. The van der Waals surface area contributed by atoms with Crippen LogP contribution in [0.1, 0.15) is 68.7 Å². The lowest BCUT2D eigenvalue weighted by Gasteiger charge is -2.33. The maximum Gasteiger partial charge on any atom is 0.240 e. The predicted octanol–water partition coefficient (Wildman–Crippen LogP) is 5.05. The average molecular weight is 495 g/mol.